The van der Waals surface area contributed by atoms with E-state index in [1.807, 2.05) is 23.6 Å². The number of rotatable bonds is 6. The van der Waals surface area contributed by atoms with Gasteiger partial charge in [-0.15, -0.1) is 0 Å². The minimum atomic E-state index is -0.227. The van der Waals surface area contributed by atoms with Crippen molar-refractivity contribution in [3.8, 4) is 22.6 Å². The summed E-state index contributed by atoms with van der Waals surface area (Å²) in [5.74, 6) is 0.750. The molecule has 0 saturated carbocycles. The number of hydrogen-bond acceptors (Lipinski definition) is 4. The van der Waals surface area contributed by atoms with Gasteiger partial charge in [-0.05, 0) is 45.6 Å². The quantitative estimate of drug-likeness (QED) is 0.716. The molecule has 3 aromatic rings. The number of thiophene rings is 1. The Hall–Kier alpha value is -2.79. The molecule has 1 heterocycles. The summed E-state index contributed by atoms with van der Waals surface area (Å²) in [7, 11) is 3.08. The van der Waals surface area contributed by atoms with Gasteiger partial charge < -0.3 is 14.8 Å². The van der Waals surface area contributed by atoms with Crippen molar-refractivity contribution in [1.82, 2.24) is 5.32 Å². The number of methoxy groups -OCH3 is 2. The van der Waals surface area contributed by atoms with Gasteiger partial charge in [-0.3, -0.25) is 4.79 Å². The van der Waals surface area contributed by atoms with Crippen molar-refractivity contribution < 1.29 is 14.3 Å². The Bertz CT molecular complexity index is 837. The molecule has 1 amide bonds. The molecule has 4 nitrogen and oxygen atoms in total. The van der Waals surface area contributed by atoms with Crippen molar-refractivity contribution in [1.29, 1.82) is 0 Å². The Balaban J connectivity index is 1.83. The average molecular weight is 353 g/mol. The standard InChI is InChI=1S/C20H19NO3S/c1-23-17-8-5-9-18(24-2)19(17)20(22)21-12-14-6-3-4-7-16(14)15-10-11-25-13-15/h3-11,13H,12H2,1-2H3,(H,21,22). The molecule has 1 N–H and O–H groups in total. The lowest BCUT2D eigenvalue weighted by atomic mass is 10.0. The summed E-state index contributed by atoms with van der Waals surface area (Å²) in [5, 5.41) is 7.12. The highest BCUT2D eigenvalue weighted by molar-refractivity contribution is 7.08. The van der Waals surface area contributed by atoms with Crippen LogP contribution in [0.25, 0.3) is 11.1 Å². The summed E-state index contributed by atoms with van der Waals surface area (Å²) in [4.78, 5) is 12.7. The van der Waals surface area contributed by atoms with Crippen LogP contribution in [-0.4, -0.2) is 20.1 Å². The zero-order valence-corrected chi connectivity index (χ0v) is 14.9. The van der Waals surface area contributed by atoms with Crippen molar-refractivity contribution in [3.05, 3.63) is 70.4 Å². The van der Waals surface area contributed by atoms with Gasteiger partial charge in [-0.1, -0.05) is 30.3 Å². The van der Waals surface area contributed by atoms with E-state index in [9.17, 15) is 4.79 Å². The number of nitrogens with one attached hydrogen (secondary N) is 1. The van der Waals surface area contributed by atoms with Crippen LogP contribution < -0.4 is 14.8 Å². The van der Waals surface area contributed by atoms with Crippen molar-refractivity contribution in [2.75, 3.05) is 14.2 Å². The molecule has 25 heavy (non-hydrogen) atoms. The van der Waals surface area contributed by atoms with E-state index in [4.69, 9.17) is 9.47 Å². The highest BCUT2D eigenvalue weighted by Crippen LogP contribution is 2.29. The molecule has 0 aliphatic heterocycles. The predicted molar refractivity (Wildman–Crippen MR) is 100 cm³/mol. The van der Waals surface area contributed by atoms with Crippen molar-refractivity contribution in [2.24, 2.45) is 0 Å². The highest BCUT2D eigenvalue weighted by Gasteiger charge is 2.18. The maximum Gasteiger partial charge on any atom is 0.259 e. The first-order valence-corrected chi connectivity index (χ1v) is 8.78. The Labute approximate surface area is 151 Å². The van der Waals surface area contributed by atoms with Crippen molar-refractivity contribution in [2.45, 2.75) is 6.54 Å². The second-order valence-electron chi connectivity index (χ2n) is 5.39. The summed E-state index contributed by atoms with van der Waals surface area (Å²) < 4.78 is 10.6. The first-order valence-electron chi connectivity index (χ1n) is 7.84. The molecule has 0 saturated heterocycles. The second kappa shape index (κ2) is 7.85. The van der Waals surface area contributed by atoms with E-state index in [1.54, 1.807) is 29.5 Å². The van der Waals surface area contributed by atoms with Gasteiger partial charge in [0.25, 0.3) is 5.91 Å². The smallest absolute Gasteiger partial charge is 0.259 e. The number of ether oxygens (including phenoxy) is 2. The molecule has 0 aliphatic carbocycles. The van der Waals surface area contributed by atoms with E-state index in [-0.39, 0.29) is 5.91 Å². The first kappa shape index (κ1) is 17.0. The lowest BCUT2D eigenvalue weighted by Gasteiger charge is -2.14. The van der Waals surface area contributed by atoms with E-state index in [0.29, 0.717) is 23.6 Å². The van der Waals surface area contributed by atoms with Crippen LogP contribution in [0.3, 0.4) is 0 Å². The minimum absolute atomic E-state index is 0.227. The molecule has 0 spiro atoms. The predicted octanol–water partition coefficient (Wildman–Crippen LogP) is 4.36. The summed E-state index contributed by atoms with van der Waals surface area (Å²) >= 11 is 1.65. The summed E-state index contributed by atoms with van der Waals surface area (Å²) in [6.45, 7) is 0.423. The molecular formula is C20H19NO3S. The van der Waals surface area contributed by atoms with Crippen LogP contribution in [0.2, 0.25) is 0 Å². The molecule has 1 aromatic heterocycles. The van der Waals surface area contributed by atoms with Crippen LogP contribution in [0.5, 0.6) is 11.5 Å². The molecule has 0 aliphatic rings. The van der Waals surface area contributed by atoms with Crippen molar-refractivity contribution >= 4 is 17.2 Å². The molecule has 0 radical (unpaired) electrons. The number of hydrogen-bond donors (Lipinski definition) is 1. The Morgan fingerprint density at radius 1 is 1.00 bits per heavy atom. The van der Waals surface area contributed by atoms with E-state index >= 15 is 0 Å². The van der Waals surface area contributed by atoms with Gasteiger partial charge in [0.1, 0.15) is 17.1 Å². The minimum Gasteiger partial charge on any atom is -0.496 e. The average Bonchev–Trinajstić information content (AvgIpc) is 3.20. The van der Waals surface area contributed by atoms with Crippen LogP contribution in [0, 0.1) is 0 Å². The fourth-order valence-electron chi connectivity index (χ4n) is 2.71. The second-order valence-corrected chi connectivity index (χ2v) is 6.17. The molecule has 128 valence electrons. The highest BCUT2D eigenvalue weighted by atomic mass is 32.1. The number of benzene rings is 2. The topological polar surface area (TPSA) is 47.6 Å². The third-order valence-corrected chi connectivity index (χ3v) is 4.63. The SMILES string of the molecule is COc1cccc(OC)c1C(=O)NCc1ccccc1-c1ccsc1. The van der Waals surface area contributed by atoms with Gasteiger partial charge in [0, 0.05) is 6.54 Å². The molecule has 0 atom stereocenters. The lowest BCUT2D eigenvalue weighted by molar-refractivity contribution is 0.0944. The summed E-state index contributed by atoms with van der Waals surface area (Å²) in [5.41, 5.74) is 3.74. The molecular weight excluding hydrogens is 334 g/mol. The van der Waals surface area contributed by atoms with Gasteiger partial charge in [0.2, 0.25) is 0 Å². The molecule has 3 rings (SSSR count). The van der Waals surface area contributed by atoms with Gasteiger partial charge in [0.05, 0.1) is 14.2 Å². The van der Waals surface area contributed by atoms with Gasteiger partial charge in [-0.25, -0.2) is 0 Å². The van der Waals surface area contributed by atoms with Crippen LogP contribution in [0.4, 0.5) is 0 Å². The van der Waals surface area contributed by atoms with E-state index in [0.717, 1.165) is 16.7 Å². The normalized spacial score (nSPS) is 10.3. The monoisotopic (exact) mass is 353 g/mol. The van der Waals surface area contributed by atoms with Gasteiger partial charge >= 0.3 is 0 Å². The van der Waals surface area contributed by atoms with Crippen molar-refractivity contribution in [3.63, 3.8) is 0 Å². The lowest BCUT2D eigenvalue weighted by Crippen LogP contribution is -2.24. The molecule has 5 heteroatoms. The van der Waals surface area contributed by atoms with Gasteiger partial charge in [-0.2, -0.15) is 11.3 Å². The third kappa shape index (κ3) is 3.67. The van der Waals surface area contributed by atoms with E-state index < -0.39 is 0 Å². The molecule has 0 fully saturated rings. The van der Waals surface area contributed by atoms with Crippen LogP contribution in [0.1, 0.15) is 15.9 Å². The van der Waals surface area contributed by atoms with Crippen LogP contribution in [0.15, 0.2) is 59.3 Å². The number of amides is 1. The maximum absolute atomic E-state index is 12.7. The molecule has 2 aromatic carbocycles. The van der Waals surface area contributed by atoms with Crippen LogP contribution in [-0.2, 0) is 6.54 Å². The molecule has 0 unspecified atom stereocenters. The third-order valence-electron chi connectivity index (χ3n) is 3.94. The Morgan fingerprint density at radius 2 is 1.72 bits per heavy atom. The maximum atomic E-state index is 12.7. The zero-order chi connectivity index (χ0) is 17.6. The van der Waals surface area contributed by atoms with Gasteiger partial charge in [0.15, 0.2) is 0 Å². The van der Waals surface area contributed by atoms with E-state index in [1.165, 1.54) is 14.2 Å². The summed E-state index contributed by atoms with van der Waals surface area (Å²) in [6.07, 6.45) is 0. The zero-order valence-electron chi connectivity index (χ0n) is 14.1. The first-order chi connectivity index (χ1) is 12.2. The fourth-order valence-corrected chi connectivity index (χ4v) is 3.37. The summed E-state index contributed by atoms with van der Waals surface area (Å²) in [6, 6.07) is 15.4. The van der Waals surface area contributed by atoms with E-state index in [2.05, 4.69) is 22.8 Å². The Morgan fingerprint density at radius 3 is 2.36 bits per heavy atom. The number of carbonyl (C=O) groups is 1. The number of carbonyl (C=O) groups excluding carboxylic acids is 1. The fraction of sp³-hybridized carbons (Fsp3) is 0.150. The van der Waals surface area contributed by atoms with Crippen LogP contribution >= 0.6 is 11.3 Å². The molecule has 0 bridgehead atoms. The largest absolute Gasteiger partial charge is 0.496 e. The Kier molecular flexibility index (Phi) is 5.36.